The third kappa shape index (κ3) is 2.45. The Morgan fingerprint density at radius 1 is 1.19 bits per heavy atom. The van der Waals surface area contributed by atoms with E-state index in [2.05, 4.69) is 46.8 Å². The molecule has 0 spiro atoms. The highest BCUT2D eigenvalue weighted by atomic mass is 79.9. The van der Waals surface area contributed by atoms with Gasteiger partial charge in [0.05, 0.1) is 7.11 Å². The van der Waals surface area contributed by atoms with Crippen molar-refractivity contribution >= 4 is 26.7 Å². The average molecular weight is 277 g/mol. The molecule has 2 rings (SSSR count). The highest BCUT2D eigenvalue weighted by Gasteiger charge is 1.99. The van der Waals surface area contributed by atoms with Gasteiger partial charge in [0.15, 0.2) is 0 Å². The van der Waals surface area contributed by atoms with Crippen LogP contribution in [0.4, 0.5) is 0 Å². The van der Waals surface area contributed by atoms with Gasteiger partial charge in [-0.2, -0.15) is 0 Å². The van der Waals surface area contributed by atoms with Crippen LogP contribution in [0.3, 0.4) is 0 Å². The van der Waals surface area contributed by atoms with Gasteiger partial charge in [-0.15, -0.1) is 0 Å². The molecule has 1 nitrogen and oxygen atoms in total. The Hall–Kier alpha value is -1.28. The smallest absolute Gasteiger partial charge is 0.119 e. The highest BCUT2D eigenvalue weighted by Crippen LogP contribution is 2.23. The summed E-state index contributed by atoms with van der Waals surface area (Å²) in [6.45, 7) is 3.85. The Kier molecular flexibility index (Phi) is 3.30. The van der Waals surface area contributed by atoms with Crippen LogP contribution in [0.2, 0.25) is 0 Å². The van der Waals surface area contributed by atoms with Gasteiger partial charge in [-0.1, -0.05) is 46.8 Å². The molecule has 82 valence electrons. The van der Waals surface area contributed by atoms with Gasteiger partial charge in [-0.05, 0) is 33.0 Å². The van der Waals surface area contributed by atoms with E-state index in [0.717, 1.165) is 16.7 Å². The minimum atomic E-state index is 0.863. The van der Waals surface area contributed by atoms with Crippen molar-refractivity contribution in [3.05, 3.63) is 53.0 Å². The van der Waals surface area contributed by atoms with Crippen LogP contribution < -0.4 is 4.74 Å². The molecule has 16 heavy (non-hydrogen) atoms. The molecule has 0 aromatic heterocycles. The van der Waals surface area contributed by atoms with Crippen molar-refractivity contribution in [1.82, 2.24) is 0 Å². The lowest BCUT2D eigenvalue weighted by atomic mass is 10.0. The molecule has 0 amide bonds. The van der Waals surface area contributed by atoms with Crippen molar-refractivity contribution in [2.75, 3.05) is 7.11 Å². The number of methoxy groups -OCH3 is 1. The van der Waals surface area contributed by atoms with Crippen LogP contribution in [-0.4, -0.2) is 7.11 Å². The summed E-state index contributed by atoms with van der Waals surface area (Å²) in [5.74, 6) is 0.894. The van der Waals surface area contributed by atoms with E-state index in [0.29, 0.717) is 0 Å². The zero-order chi connectivity index (χ0) is 11.5. The van der Waals surface area contributed by atoms with Crippen LogP contribution in [0.5, 0.6) is 5.75 Å². The van der Waals surface area contributed by atoms with Crippen LogP contribution in [0, 0.1) is 0 Å². The second kappa shape index (κ2) is 4.71. The second-order valence-electron chi connectivity index (χ2n) is 3.74. The first-order chi connectivity index (χ1) is 7.69. The summed E-state index contributed by atoms with van der Waals surface area (Å²) in [6.07, 6.45) is 0.863. The Morgan fingerprint density at radius 3 is 2.56 bits per heavy atom. The van der Waals surface area contributed by atoms with Gasteiger partial charge in [-0.25, -0.2) is 0 Å². The molecule has 0 fully saturated rings. The van der Waals surface area contributed by atoms with Gasteiger partial charge in [0.2, 0.25) is 0 Å². The lowest BCUT2D eigenvalue weighted by molar-refractivity contribution is 0.415. The van der Waals surface area contributed by atoms with Crippen molar-refractivity contribution in [3.63, 3.8) is 0 Å². The summed E-state index contributed by atoms with van der Waals surface area (Å²) < 4.78 is 6.20. The van der Waals surface area contributed by atoms with E-state index in [4.69, 9.17) is 4.74 Å². The number of hydrogen-bond donors (Lipinski definition) is 0. The van der Waals surface area contributed by atoms with E-state index < -0.39 is 0 Å². The van der Waals surface area contributed by atoms with E-state index in [1.54, 1.807) is 7.11 Å². The SMILES string of the molecule is C=C(Br)Cc1ccc2cc(OC)ccc2c1. The van der Waals surface area contributed by atoms with Gasteiger partial charge in [0.1, 0.15) is 5.75 Å². The summed E-state index contributed by atoms with van der Waals surface area (Å²) in [4.78, 5) is 0. The zero-order valence-electron chi connectivity index (χ0n) is 9.16. The third-order valence-corrected chi connectivity index (χ3v) is 2.79. The Morgan fingerprint density at radius 2 is 1.88 bits per heavy atom. The lowest BCUT2D eigenvalue weighted by Crippen LogP contribution is -1.85. The molecule has 2 heteroatoms. The number of halogens is 1. The fraction of sp³-hybridized carbons (Fsp3) is 0.143. The van der Waals surface area contributed by atoms with Gasteiger partial charge < -0.3 is 4.74 Å². The molecule has 0 N–H and O–H groups in total. The minimum Gasteiger partial charge on any atom is -0.497 e. The molecule has 2 aromatic carbocycles. The summed E-state index contributed by atoms with van der Waals surface area (Å²) in [5, 5.41) is 2.43. The summed E-state index contributed by atoms with van der Waals surface area (Å²) in [6, 6.07) is 12.5. The van der Waals surface area contributed by atoms with E-state index in [-0.39, 0.29) is 0 Å². The predicted octanol–water partition coefficient (Wildman–Crippen LogP) is 4.30. The molecular formula is C14H13BrO. The van der Waals surface area contributed by atoms with Crippen molar-refractivity contribution < 1.29 is 4.74 Å². The Labute approximate surface area is 104 Å². The Balaban J connectivity index is 2.43. The number of rotatable bonds is 3. The molecular weight excluding hydrogens is 264 g/mol. The molecule has 0 saturated heterocycles. The predicted molar refractivity (Wildman–Crippen MR) is 72.3 cm³/mol. The molecule has 0 heterocycles. The molecule has 2 aromatic rings. The van der Waals surface area contributed by atoms with E-state index in [9.17, 15) is 0 Å². The zero-order valence-corrected chi connectivity index (χ0v) is 10.8. The standard InChI is InChI=1S/C14H13BrO/c1-10(15)7-11-3-4-13-9-14(16-2)6-5-12(13)8-11/h3-6,8-9H,1,7H2,2H3. The summed E-state index contributed by atoms with van der Waals surface area (Å²) in [7, 11) is 1.68. The maximum atomic E-state index is 5.20. The molecule has 0 bridgehead atoms. The van der Waals surface area contributed by atoms with Crippen LogP contribution in [0.15, 0.2) is 47.5 Å². The van der Waals surface area contributed by atoms with E-state index in [1.807, 2.05) is 12.1 Å². The van der Waals surface area contributed by atoms with Crippen molar-refractivity contribution in [1.29, 1.82) is 0 Å². The van der Waals surface area contributed by atoms with Gasteiger partial charge in [0.25, 0.3) is 0 Å². The molecule has 0 aliphatic carbocycles. The average Bonchev–Trinajstić information content (AvgIpc) is 2.27. The van der Waals surface area contributed by atoms with Crippen LogP contribution in [0.1, 0.15) is 5.56 Å². The highest BCUT2D eigenvalue weighted by molar-refractivity contribution is 9.11. The van der Waals surface area contributed by atoms with Crippen molar-refractivity contribution in [3.8, 4) is 5.75 Å². The van der Waals surface area contributed by atoms with Crippen molar-refractivity contribution in [2.45, 2.75) is 6.42 Å². The first kappa shape index (κ1) is 11.2. The fourth-order valence-electron chi connectivity index (χ4n) is 1.73. The van der Waals surface area contributed by atoms with Gasteiger partial charge >= 0.3 is 0 Å². The lowest BCUT2D eigenvalue weighted by Gasteiger charge is -2.05. The molecule has 0 radical (unpaired) electrons. The Bertz CT molecular complexity index is 531. The largest absolute Gasteiger partial charge is 0.497 e. The van der Waals surface area contributed by atoms with Gasteiger partial charge in [0, 0.05) is 6.42 Å². The molecule has 0 aliphatic rings. The first-order valence-corrected chi connectivity index (χ1v) is 5.88. The van der Waals surface area contributed by atoms with E-state index >= 15 is 0 Å². The quantitative estimate of drug-likeness (QED) is 0.812. The number of fused-ring (bicyclic) bond motifs is 1. The maximum absolute atomic E-state index is 5.20. The first-order valence-electron chi connectivity index (χ1n) is 5.09. The molecule has 0 atom stereocenters. The maximum Gasteiger partial charge on any atom is 0.119 e. The third-order valence-electron chi connectivity index (χ3n) is 2.51. The molecule has 0 saturated carbocycles. The topological polar surface area (TPSA) is 9.23 Å². The van der Waals surface area contributed by atoms with Gasteiger partial charge in [-0.3, -0.25) is 0 Å². The number of allylic oxidation sites excluding steroid dienone is 1. The second-order valence-corrected chi connectivity index (χ2v) is 4.86. The molecule has 0 unspecified atom stereocenters. The molecule has 0 aliphatic heterocycles. The van der Waals surface area contributed by atoms with Crippen LogP contribution in [0.25, 0.3) is 10.8 Å². The minimum absolute atomic E-state index is 0.863. The van der Waals surface area contributed by atoms with E-state index in [1.165, 1.54) is 16.3 Å². The number of hydrogen-bond acceptors (Lipinski definition) is 1. The fourth-order valence-corrected chi connectivity index (χ4v) is 2.06. The normalized spacial score (nSPS) is 10.4. The monoisotopic (exact) mass is 276 g/mol. The van der Waals surface area contributed by atoms with Crippen LogP contribution in [-0.2, 0) is 6.42 Å². The summed E-state index contributed by atoms with van der Waals surface area (Å²) in [5.41, 5.74) is 1.26. The van der Waals surface area contributed by atoms with Crippen LogP contribution >= 0.6 is 15.9 Å². The summed E-state index contributed by atoms with van der Waals surface area (Å²) >= 11 is 3.38. The van der Waals surface area contributed by atoms with Crippen molar-refractivity contribution in [2.24, 2.45) is 0 Å². The number of ether oxygens (including phenoxy) is 1. The number of benzene rings is 2.